The Bertz CT molecular complexity index is 1560. The molecule has 0 radical (unpaired) electrons. The number of benzene rings is 3. The molecule has 1 aliphatic rings. The van der Waals surface area contributed by atoms with Gasteiger partial charge < -0.3 is 14.1 Å². The largest absolute Gasteiger partial charge is 0.440 e. The van der Waals surface area contributed by atoms with E-state index in [0.29, 0.717) is 36.0 Å². The molecule has 5 heteroatoms. The number of rotatable bonds is 3. The highest BCUT2D eigenvalue weighted by molar-refractivity contribution is 7.26. The van der Waals surface area contributed by atoms with E-state index in [1.54, 1.807) is 17.4 Å². The van der Waals surface area contributed by atoms with Crippen LogP contribution in [0.1, 0.15) is 25.3 Å². The van der Waals surface area contributed by atoms with Crippen LogP contribution in [0.25, 0.3) is 42.3 Å². The fourth-order valence-electron chi connectivity index (χ4n) is 4.70. The molecule has 1 saturated heterocycles. The maximum atomic E-state index is 13.0. The molecule has 0 aliphatic carbocycles. The summed E-state index contributed by atoms with van der Waals surface area (Å²) in [6.07, 6.45) is 0. The molecule has 0 unspecified atom stereocenters. The van der Waals surface area contributed by atoms with Crippen molar-refractivity contribution in [2.45, 2.75) is 19.8 Å². The molecule has 1 fully saturated rings. The Morgan fingerprint density at radius 3 is 2.42 bits per heavy atom. The van der Waals surface area contributed by atoms with E-state index < -0.39 is 0 Å². The molecular weight excluding hydrogens is 430 g/mol. The normalized spacial score (nSPS) is 14.7. The number of fused-ring (bicyclic) bond motifs is 4. The summed E-state index contributed by atoms with van der Waals surface area (Å²) in [6.45, 7) is 7.18. The van der Waals surface area contributed by atoms with Crippen LogP contribution >= 0.6 is 11.3 Å². The number of morpholine rings is 1. The topological polar surface area (TPSA) is 42.7 Å². The SMILES string of the molecule is CC(C)c1ccc2sc3c(-c4cccc5c(=O)cc(N6CCOCC6)oc45)cccc3c2c1. The van der Waals surface area contributed by atoms with Crippen molar-refractivity contribution in [1.29, 1.82) is 0 Å². The second-order valence-corrected chi connectivity index (χ2v) is 9.98. The van der Waals surface area contributed by atoms with Crippen LogP contribution in [0.4, 0.5) is 5.88 Å². The summed E-state index contributed by atoms with van der Waals surface area (Å²) in [5.74, 6) is 1.10. The van der Waals surface area contributed by atoms with Crippen LogP contribution in [0.15, 0.2) is 69.9 Å². The lowest BCUT2D eigenvalue weighted by molar-refractivity contribution is 0.121. The summed E-state index contributed by atoms with van der Waals surface area (Å²) in [7, 11) is 0. The van der Waals surface area contributed by atoms with Gasteiger partial charge in [-0.15, -0.1) is 11.3 Å². The van der Waals surface area contributed by atoms with E-state index in [0.717, 1.165) is 24.2 Å². The van der Waals surface area contributed by atoms with Gasteiger partial charge in [-0.05, 0) is 29.7 Å². The maximum Gasteiger partial charge on any atom is 0.200 e. The van der Waals surface area contributed by atoms with Gasteiger partial charge in [0, 0.05) is 50.5 Å². The molecule has 2 aromatic heterocycles. The molecule has 5 aromatic rings. The van der Waals surface area contributed by atoms with Gasteiger partial charge in [-0.1, -0.05) is 50.2 Å². The molecule has 0 saturated carbocycles. The van der Waals surface area contributed by atoms with Crippen LogP contribution in [0.3, 0.4) is 0 Å². The standard InChI is InChI=1S/C28H25NO3S/c1-17(2)18-9-10-25-23(15-18)21-7-4-6-20(28(21)33-25)19-5-3-8-22-24(30)16-26(32-27(19)22)29-11-13-31-14-12-29/h3-10,15-17H,11-14H2,1-2H3. The Morgan fingerprint density at radius 2 is 1.64 bits per heavy atom. The highest BCUT2D eigenvalue weighted by atomic mass is 32.1. The Morgan fingerprint density at radius 1 is 0.879 bits per heavy atom. The molecule has 33 heavy (non-hydrogen) atoms. The Hall–Kier alpha value is -3.15. The third kappa shape index (κ3) is 3.43. The lowest BCUT2D eigenvalue weighted by Gasteiger charge is -2.27. The van der Waals surface area contributed by atoms with Crippen LogP contribution in [0.5, 0.6) is 0 Å². The minimum Gasteiger partial charge on any atom is -0.440 e. The smallest absolute Gasteiger partial charge is 0.200 e. The van der Waals surface area contributed by atoms with Gasteiger partial charge in [0.2, 0.25) is 0 Å². The van der Waals surface area contributed by atoms with Crippen LogP contribution in [0.2, 0.25) is 0 Å². The summed E-state index contributed by atoms with van der Waals surface area (Å²) in [6, 6.07) is 20.7. The third-order valence-corrected chi connectivity index (χ3v) is 7.76. The molecule has 6 rings (SSSR count). The zero-order valence-electron chi connectivity index (χ0n) is 18.8. The molecule has 0 amide bonds. The summed E-state index contributed by atoms with van der Waals surface area (Å²) in [4.78, 5) is 15.1. The highest BCUT2D eigenvalue weighted by Gasteiger charge is 2.19. The molecule has 3 heterocycles. The molecule has 4 nitrogen and oxygen atoms in total. The Labute approximate surface area is 196 Å². The van der Waals surface area contributed by atoms with Gasteiger partial charge in [0.1, 0.15) is 5.58 Å². The summed E-state index contributed by atoms with van der Waals surface area (Å²) < 4.78 is 14.4. The van der Waals surface area contributed by atoms with Crippen LogP contribution in [0, 0.1) is 0 Å². The first-order valence-electron chi connectivity index (χ1n) is 11.5. The number of hydrogen-bond donors (Lipinski definition) is 0. The number of nitrogens with zero attached hydrogens (tertiary/aromatic N) is 1. The molecule has 0 bridgehead atoms. The van der Waals surface area contributed by atoms with Gasteiger partial charge in [-0.25, -0.2) is 0 Å². The molecule has 3 aromatic carbocycles. The average molecular weight is 456 g/mol. The van der Waals surface area contributed by atoms with Crippen molar-refractivity contribution in [3.05, 3.63) is 76.5 Å². The van der Waals surface area contributed by atoms with Crippen LogP contribution < -0.4 is 10.3 Å². The van der Waals surface area contributed by atoms with Crippen molar-refractivity contribution in [2.24, 2.45) is 0 Å². The van der Waals surface area contributed by atoms with E-state index in [1.807, 2.05) is 12.1 Å². The molecule has 1 aliphatic heterocycles. The van der Waals surface area contributed by atoms with E-state index in [4.69, 9.17) is 9.15 Å². The summed E-state index contributed by atoms with van der Waals surface area (Å²) in [5.41, 5.74) is 4.05. The minimum absolute atomic E-state index is 0.00955. The van der Waals surface area contributed by atoms with Crippen molar-refractivity contribution in [2.75, 3.05) is 31.2 Å². The molecule has 166 valence electrons. The molecular formula is C28H25NO3S. The quantitative estimate of drug-likeness (QED) is 0.300. The van der Waals surface area contributed by atoms with Crippen molar-refractivity contribution >= 4 is 48.4 Å². The second kappa shape index (κ2) is 8.01. The Kier molecular flexibility index (Phi) is 4.97. The van der Waals surface area contributed by atoms with Crippen molar-refractivity contribution < 1.29 is 9.15 Å². The van der Waals surface area contributed by atoms with Crippen LogP contribution in [-0.2, 0) is 4.74 Å². The number of anilines is 1. The van der Waals surface area contributed by atoms with E-state index in [2.05, 4.69) is 61.2 Å². The van der Waals surface area contributed by atoms with Crippen molar-refractivity contribution in [3.63, 3.8) is 0 Å². The fraction of sp³-hybridized carbons (Fsp3) is 0.250. The van der Waals surface area contributed by atoms with E-state index in [1.165, 1.54) is 25.7 Å². The van der Waals surface area contributed by atoms with Gasteiger partial charge >= 0.3 is 0 Å². The lowest BCUT2D eigenvalue weighted by Crippen LogP contribution is -2.36. The fourth-order valence-corrected chi connectivity index (χ4v) is 5.91. The first kappa shape index (κ1) is 20.5. The number of thiophene rings is 1. The molecule has 0 atom stereocenters. The van der Waals surface area contributed by atoms with E-state index >= 15 is 0 Å². The number of ether oxygens (including phenoxy) is 1. The zero-order valence-corrected chi connectivity index (χ0v) is 19.6. The summed E-state index contributed by atoms with van der Waals surface area (Å²) in [5, 5.41) is 3.15. The molecule has 0 spiro atoms. The monoisotopic (exact) mass is 455 g/mol. The van der Waals surface area contributed by atoms with Gasteiger partial charge in [0.25, 0.3) is 0 Å². The predicted octanol–water partition coefficient (Wildman–Crippen LogP) is 6.79. The van der Waals surface area contributed by atoms with Crippen molar-refractivity contribution in [3.8, 4) is 11.1 Å². The van der Waals surface area contributed by atoms with Crippen LogP contribution in [-0.4, -0.2) is 26.3 Å². The number of hydrogen-bond acceptors (Lipinski definition) is 5. The average Bonchev–Trinajstić information content (AvgIpc) is 3.22. The third-order valence-electron chi connectivity index (χ3n) is 6.54. The highest BCUT2D eigenvalue weighted by Crippen LogP contribution is 2.42. The van der Waals surface area contributed by atoms with E-state index in [9.17, 15) is 4.79 Å². The van der Waals surface area contributed by atoms with Gasteiger partial charge in [-0.2, -0.15) is 0 Å². The van der Waals surface area contributed by atoms with Gasteiger partial charge in [0.15, 0.2) is 11.3 Å². The first-order chi connectivity index (χ1) is 16.1. The second-order valence-electron chi connectivity index (χ2n) is 8.93. The summed E-state index contributed by atoms with van der Waals surface area (Å²) >= 11 is 1.80. The van der Waals surface area contributed by atoms with Gasteiger partial charge in [-0.3, -0.25) is 4.79 Å². The Balaban J connectivity index is 1.59. The van der Waals surface area contributed by atoms with E-state index in [-0.39, 0.29) is 5.43 Å². The number of para-hydroxylation sites is 1. The lowest BCUT2D eigenvalue weighted by atomic mass is 9.98. The predicted molar refractivity (Wildman–Crippen MR) is 138 cm³/mol. The van der Waals surface area contributed by atoms with Gasteiger partial charge in [0.05, 0.1) is 18.6 Å². The first-order valence-corrected chi connectivity index (χ1v) is 12.3. The van der Waals surface area contributed by atoms with Crippen molar-refractivity contribution in [1.82, 2.24) is 0 Å². The molecule has 0 N–H and O–H groups in total. The zero-order chi connectivity index (χ0) is 22.5. The maximum absolute atomic E-state index is 13.0. The minimum atomic E-state index is -0.00955.